The Balaban J connectivity index is 1.75. The van der Waals surface area contributed by atoms with Crippen LogP contribution in [0.25, 0.3) is 6.08 Å². The van der Waals surface area contributed by atoms with E-state index in [2.05, 4.69) is 6.92 Å². The Morgan fingerprint density at radius 3 is 2.89 bits per heavy atom. The molecule has 5 nitrogen and oxygen atoms in total. The Morgan fingerprint density at radius 1 is 1.44 bits per heavy atom. The quantitative estimate of drug-likeness (QED) is 0.690. The van der Waals surface area contributed by atoms with E-state index in [-0.39, 0.29) is 24.2 Å². The van der Waals surface area contributed by atoms with Gasteiger partial charge < -0.3 is 14.6 Å². The normalized spacial score (nSPS) is 24.5. The molecule has 27 heavy (non-hydrogen) atoms. The molecule has 0 radical (unpaired) electrons. The predicted octanol–water partition coefficient (Wildman–Crippen LogP) is 3.76. The van der Waals surface area contributed by atoms with Crippen molar-refractivity contribution in [3.63, 3.8) is 0 Å². The van der Waals surface area contributed by atoms with Crippen LogP contribution in [0.1, 0.15) is 31.7 Å². The zero-order chi connectivity index (χ0) is 19.6. The SMILES string of the molecule is CC/C(=C\c1ccc(O)cc1Cl)CC[C@H]1OC[C@H]2C1=C(COC)CS2(=O)=O. The van der Waals surface area contributed by atoms with Crippen LogP contribution in [0.3, 0.4) is 0 Å². The summed E-state index contributed by atoms with van der Waals surface area (Å²) < 4.78 is 35.7. The standard InChI is InChI=1S/C20H25ClO5S/c1-3-13(8-14-5-6-16(22)9-17(14)21)4-7-18-20-15(10-25-2)12-27(23,24)19(20)11-26-18/h5-6,8-9,18-19,22H,3-4,7,10-12H2,1-2H3/b13-8+/t18-,19+/m1/s1. The van der Waals surface area contributed by atoms with Crippen LogP contribution in [-0.2, 0) is 19.3 Å². The van der Waals surface area contributed by atoms with Crippen LogP contribution in [0, 0.1) is 0 Å². The summed E-state index contributed by atoms with van der Waals surface area (Å²) in [5.74, 6) is 0.223. The van der Waals surface area contributed by atoms with Gasteiger partial charge in [0.1, 0.15) is 11.0 Å². The van der Waals surface area contributed by atoms with Gasteiger partial charge in [0.05, 0.1) is 30.1 Å². The number of hydrogen-bond acceptors (Lipinski definition) is 5. The topological polar surface area (TPSA) is 72.8 Å². The number of methoxy groups -OCH3 is 1. The van der Waals surface area contributed by atoms with Crippen molar-refractivity contribution >= 4 is 27.5 Å². The Labute approximate surface area is 165 Å². The van der Waals surface area contributed by atoms with E-state index < -0.39 is 15.1 Å². The summed E-state index contributed by atoms with van der Waals surface area (Å²) >= 11 is 6.20. The zero-order valence-electron chi connectivity index (χ0n) is 15.6. The maximum atomic E-state index is 12.4. The van der Waals surface area contributed by atoms with E-state index >= 15 is 0 Å². The van der Waals surface area contributed by atoms with E-state index in [1.807, 2.05) is 6.08 Å². The minimum absolute atomic E-state index is 0.0836. The van der Waals surface area contributed by atoms with Crippen LogP contribution in [0.4, 0.5) is 0 Å². The summed E-state index contributed by atoms with van der Waals surface area (Å²) in [5, 5.41) is 9.49. The highest BCUT2D eigenvalue weighted by atomic mass is 35.5. The summed E-state index contributed by atoms with van der Waals surface area (Å²) in [6, 6.07) is 4.93. The lowest BCUT2D eigenvalue weighted by Gasteiger charge is -2.15. The third-order valence-electron chi connectivity index (χ3n) is 5.20. The summed E-state index contributed by atoms with van der Waals surface area (Å²) in [4.78, 5) is 0. The van der Waals surface area contributed by atoms with Crippen molar-refractivity contribution in [3.05, 3.63) is 45.5 Å². The fourth-order valence-electron chi connectivity index (χ4n) is 3.83. The molecule has 7 heteroatoms. The first-order valence-corrected chi connectivity index (χ1v) is 11.2. The minimum Gasteiger partial charge on any atom is -0.508 e. The van der Waals surface area contributed by atoms with Crippen LogP contribution < -0.4 is 0 Å². The first-order chi connectivity index (χ1) is 12.9. The van der Waals surface area contributed by atoms with E-state index in [0.717, 1.165) is 36.0 Å². The molecule has 0 bridgehead atoms. The molecular formula is C20H25ClO5S. The maximum absolute atomic E-state index is 12.4. The van der Waals surface area contributed by atoms with Gasteiger partial charge in [0.15, 0.2) is 9.84 Å². The number of halogens is 1. The van der Waals surface area contributed by atoms with Gasteiger partial charge in [-0.1, -0.05) is 30.2 Å². The molecule has 0 saturated carbocycles. The Morgan fingerprint density at radius 2 is 2.22 bits per heavy atom. The molecule has 2 heterocycles. The second-order valence-corrected chi connectivity index (χ2v) is 9.60. The van der Waals surface area contributed by atoms with Gasteiger partial charge in [-0.15, -0.1) is 0 Å². The van der Waals surface area contributed by atoms with Crippen molar-refractivity contribution in [3.8, 4) is 5.75 Å². The maximum Gasteiger partial charge on any atom is 0.163 e. The van der Waals surface area contributed by atoms with Crippen molar-refractivity contribution < 1.29 is 23.0 Å². The largest absolute Gasteiger partial charge is 0.508 e. The van der Waals surface area contributed by atoms with E-state index in [1.165, 1.54) is 11.6 Å². The number of hydrogen-bond donors (Lipinski definition) is 1. The second kappa shape index (κ2) is 8.35. The molecule has 2 atom stereocenters. The number of allylic oxidation sites excluding steroid dienone is 1. The highest BCUT2D eigenvalue weighted by molar-refractivity contribution is 7.92. The van der Waals surface area contributed by atoms with Crippen LogP contribution >= 0.6 is 11.6 Å². The van der Waals surface area contributed by atoms with Gasteiger partial charge in [0, 0.05) is 7.11 Å². The summed E-state index contributed by atoms with van der Waals surface area (Å²) in [6.07, 6.45) is 4.22. The van der Waals surface area contributed by atoms with Crippen LogP contribution in [0.15, 0.2) is 34.9 Å². The Kier molecular flexibility index (Phi) is 6.31. The van der Waals surface area contributed by atoms with Gasteiger partial charge in [-0.05, 0) is 54.2 Å². The number of sulfone groups is 1. The molecule has 0 unspecified atom stereocenters. The van der Waals surface area contributed by atoms with Gasteiger partial charge in [-0.3, -0.25) is 0 Å². The van der Waals surface area contributed by atoms with Gasteiger partial charge in [-0.25, -0.2) is 8.42 Å². The Hall–Kier alpha value is -1.34. The zero-order valence-corrected chi connectivity index (χ0v) is 17.1. The van der Waals surface area contributed by atoms with E-state index in [9.17, 15) is 13.5 Å². The number of fused-ring (bicyclic) bond motifs is 1. The van der Waals surface area contributed by atoms with Gasteiger partial charge in [0.2, 0.25) is 0 Å². The van der Waals surface area contributed by atoms with Crippen molar-refractivity contribution in [1.82, 2.24) is 0 Å². The van der Waals surface area contributed by atoms with E-state index in [1.54, 1.807) is 19.2 Å². The molecule has 0 spiro atoms. The molecule has 1 aromatic carbocycles. The smallest absolute Gasteiger partial charge is 0.163 e. The molecule has 0 aromatic heterocycles. The molecule has 2 aliphatic rings. The van der Waals surface area contributed by atoms with Crippen molar-refractivity contribution in [1.29, 1.82) is 0 Å². The highest BCUT2D eigenvalue weighted by Gasteiger charge is 2.46. The van der Waals surface area contributed by atoms with Gasteiger partial charge in [0.25, 0.3) is 0 Å². The lowest BCUT2D eigenvalue weighted by molar-refractivity contribution is 0.117. The predicted molar refractivity (Wildman–Crippen MR) is 107 cm³/mol. The monoisotopic (exact) mass is 412 g/mol. The molecule has 1 aromatic rings. The number of rotatable bonds is 7. The molecule has 0 aliphatic carbocycles. The summed E-state index contributed by atoms with van der Waals surface area (Å²) in [6.45, 7) is 2.66. The van der Waals surface area contributed by atoms with Crippen molar-refractivity contribution in [2.45, 2.75) is 37.5 Å². The fourth-order valence-corrected chi connectivity index (χ4v) is 5.99. The van der Waals surface area contributed by atoms with Gasteiger partial charge >= 0.3 is 0 Å². The molecule has 0 amide bonds. The lowest BCUT2D eigenvalue weighted by atomic mass is 9.96. The lowest BCUT2D eigenvalue weighted by Crippen LogP contribution is -2.19. The molecule has 1 saturated heterocycles. The number of aromatic hydroxyl groups is 1. The molecule has 1 fully saturated rings. The van der Waals surface area contributed by atoms with E-state index in [4.69, 9.17) is 21.1 Å². The third kappa shape index (κ3) is 4.40. The fraction of sp³-hybridized carbons (Fsp3) is 0.500. The van der Waals surface area contributed by atoms with Crippen LogP contribution in [0.2, 0.25) is 5.02 Å². The number of benzene rings is 1. The number of ether oxygens (including phenoxy) is 2. The highest BCUT2D eigenvalue weighted by Crippen LogP contribution is 2.38. The average molecular weight is 413 g/mol. The van der Waals surface area contributed by atoms with E-state index in [0.29, 0.717) is 11.6 Å². The molecule has 2 aliphatic heterocycles. The molecule has 148 valence electrons. The first-order valence-electron chi connectivity index (χ1n) is 9.07. The van der Waals surface area contributed by atoms with Crippen LogP contribution in [-0.4, -0.2) is 51.0 Å². The first kappa shape index (κ1) is 20.4. The van der Waals surface area contributed by atoms with Gasteiger partial charge in [-0.2, -0.15) is 0 Å². The second-order valence-electron chi connectivity index (χ2n) is 7.01. The summed E-state index contributed by atoms with van der Waals surface area (Å²) in [5.41, 5.74) is 3.83. The number of phenols is 1. The Bertz CT molecular complexity index is 872. The molecule has 1 N–H and O–H groups in total. The summed E-state index contributed by atoms with van der Waals surface area (Å²) in [7, 11) is -1.58. The average Bonchev–Trinajstić information content (AvgIpc) is 3.14. The molecular weight excluding hydrogens is 388 g/mol. The van der Waals surface area contributed by atoms with Crippen LogP contribution in [0.5, 0.6) is 5.75 Å². The third-order valence-corrected chi connectivity index (χ3v) is 7.54. The van der Waals surface area contributed by atoms with Crippen molar-refractivity contribution in [2.24, 2.45) is 0 Å². The molecule has 3 rings (SSSR count). The number of phenolic OH excluding ortho intramolecular Hbond substituents is 1. The minimum atomic E-state index is -3.17. The van der Waals surface area contributed by atoms with Crippen molar-refractivity contribution in [2.75, 3.05) is 26.1 Å².